The minimum atomic E-state index is -0.633. The molecule has 2 aliphatic heterocycles. The molecule has 2 amide bonds. The predicted octanol–water partition coefficient (Wildman–Crippen LogP) is 2.90. The topological polar surface area (TPSA) is 97.0 Å². The Bertz CT molecular complexity index is 872. The minimum Gasteiger partial charge on any atom is -0.466 e. The van der Waals surface area contributed by atoms with Gasteiger partial charge in [-0.3, -0.25) is 9.69 Å². The minimum absolute atomic E-state index is 0.201. The molecule has 0 bridgehead atoms. The molecule has 0 unspecified atom stereocenters. The number of likely N-dealkylation sites (tertiary alicyclic amines) is 1. The average Bonchev–Trinajstić information content (AvgIpc) is 2.74. The Morgan fingerprint density at radius 2 is 2.00 bits per heavy atom. The second kappa shape index (κ2) is 10.8. The Morgan fingerprint density at radius 1 is 1.23 bits per heavy atom. The number of rotatable bonds is 7. The molecule has 2 heterocycles. The average molecular weight is 494 g/mol. The molecule has 0 aromatic heterocycles. The standard InChI is InChI=1S/C22H28BrN3O5/c1-3-30-20(27)15-8-6-10-26(12-15)13-17-18(21(28)31-4-2)19(25-22(29)24-17)14-7-5-9-16(23)11-14/h5,7,9,11,15,19H,3-4,6,8,10,12-13H2,1-2H3,(H2,24,25,29)/t15-,19+/m0/s1. The number of esters is 2. The van der Waals surface area contributed by atoms with Crippen molar-refractivity contribution in [1.29, 1.82) is 0 Å². The first-order valence-corrected chi connectivity index (χ1v) is 11.3. The monoisotopic (exact) mass is 493 g/mol. The first-order valence-electron chi connectivity index (χ1n) is 10.5. The smallest absolute Gasteiger partial charge is 0.338 e. The first-order chi connectivity index (χ1) is 14.9. The number of nitrogens with one attached hydrogen (secondary N) is 2. The van der Waals surface area contributed by atoms with E-state index in [1.807, 2.05) is 24.3 Å². The Balaban J connectivity index is 1.91. The molecule has 2 atom stereocenters. The van der Waals surface area contributed by atoms with Crippen molar-refractivity contribution in [3.8, 4) is 0 Å². The molecule has 1 saturated heterocycles. The summed E-state index contributed by atoms with van der Waals surface area (Å²) >= 11 is 3.45. The third-order valence-corrected chi connectivity index (χ3v) is 5.83. The maximum Gasteiger partial charge on any atom is 0.338 e. The van der Waals surface area contributed by atoms with Crippen LogP contribution in [0.15, 0.2) is 40.0 Å². The van der Waals surface area contributed by atoms with Crippen molar-refractivity contribution in [3.63, 3.8) is 0 Å². The number of piperidine rings is 1. The van der Waals surface area contributed by atoms with E-state index in [-0.39, 0.29) is 24.5 Å². The molecule has 0 aliphatic carbocycles. The molecule has 0 spiro atoms. The maximum absolute atomic E-state index is 12.9. The van der Waals surface area contributed by atoms with E-state index in [0.29, 0.717) is 31.0 Å². The van der Waals surface area contributed by atoms with Crippen LogP contribution in [0.4, 0.5) is 4.79 Å². The fraction of sp³-hybridized carbons (Fsp3) is 0.500. The number of carbonyl (C=O) groups excluding carboxylic acids is 3. The molecule has 1 aromatic rings. The zero-order valence-electron chi connectivity index (χ0n) is 17.8. The van der Waals surface area contributed by atoms with Crippen molar-refractivity contribution in [3.05, 3.63) is 45.6 Å². The zero-order valence-corrected chi connectivity index (χ0v) is 19.4. The molecule has 31 heavy (non-hydrogen) atoms. The van der Waals surface area contributed by atoms with E-state index in [0.717, 1.165) is 29.4 Å². The molecule has 8 nitrogen and oxygen atoms in total. The predicted molar refractivity (Wildman–Crippen MR) is 118 cm³/mol. The van der Waals surface area contributed by atoms with Gasteiger partial charge >= 0.3 is 18.0 Å². The molecule has 3 rings (SSSR count). The Morgan fingerprint density at radius 3 is 2.71 bits per heavy atom. The van der Waals surface area contributed by atoms with Crippen molar-refractivity contribution in [2.45, 2.75) is 32.7 Å². The lowest BCUT2D eigenvalue weighted by Crippen LogP contribution is -2.50. The van der Waals surface area contributed by atoms with Gasteiger partial charge in [-0.25, -0.2) is 9.59 Å². The molecule has 0 radical (unpaired) electrons. The molecular weight excluding hydrogens is 466 g/mol. The van der Waals surface area contributed by atoms with Crippen molar-refractivity contribution >= 4 is 33.9 Å². The number of hydrogen-bond donors (Lipinski definition) is 2. The summed E-state index contributed by atoms with van der Waals surface area (Å²) in [4.78, 5) is 39.6. The summed E-state index contributed by atoms with van der Waals surface area (Å²) in [5.74, 6) is -0.888. The molecule has 2 N–H and O–H groups in total. The van der Waals surface area contributed by atoms with Crippen molar-refractivity contribution in [2.75, 3.05) is 32.8 Å². The van der Waals surface area contributed by atoms with E-state index in [1.165, 1.54) is 0 Å². The molecule has 1 fully saturated rings. The molecular formula is C22H28BrN3O5. The first kappa shape index (κ1) is 23.3. The van der Waals surface area contributed by atoms with Gasteiger partial charge in [0.1, 0.15) is 0 Å². The second-order valence-electron chi connectivity index (χ2n) is 7.53. The Kier molecular flexibility index (Phi) is 8.09. The van der Waals surface area contributed by atoms with Gasteiger partial charge in [-0.05, 0) is 50.9 Å². The lowest BCUT2D eigenvalue weighted by Gasteiger charge is -2.35. The quantitative estimate of drug-likeness (QED) is 0.566. The van der Waals surface area contributed by atoms with Gasteiger partial charge in [0.05, 0.1) is 30.7 Å². The van der Waals surface area contributed by atoms with Gasteiger partial charge < -0.3 is 20.1 Å². The highest BCUT2D eigenvalue weighted by atomic mass is 79.9. The molecule has 168 valence electrons. The molecule has 0 saturated carbocycles. The number of amides is 2. The molecule has 9 heteroatoms. The summed E-state index contributed by atoms with van der Waals surface area (Å²) in [7, 11) is 0. The summed E-state index contributed by atoms with van der Waals surface area (Å²) in [6.45, 7) is 5.73. The van der Waals surface area contributed by atoms with E-state index in [1.54, 1.807) is 13.8 Å². The number of ether oxygens (including phenoxy) is 2. The van der Waals surface area contributed by atoms with E-state index in [9.17, 15) is 14.4 Å². The van der Waals surface area contributed by atoms with E-state index >= 15 is 0 Å². The van der Waals surface area contributed by atoms with Crippen LogP contribution >= 0.6 is 15.9 Å². The number of carbonyl (C=O) groups is 3. The van der Waals surface area contributed by atoms with Gasteiger partial charge in [0.2, 0.25) is 0 Å². The van der Waals surface area contributed by atoms with Gasteiger partial charge in [-0.15, -0.1) is 0 Å². The Labute approximate surface area is 190 Å². The summed E-state index contributed by atoms with van der Waals surface area (Å²) in [5, 5.41) is 5.63. The molecule has 1 aromatic carbocycles. The lowest BCUT2D eigenvalue weighted by atomic mass is 9.94. The fourth-order valence-electron chi connectivity index (χ4n) is 4.00. The molecule has 2 aliphatic rings. The number of nitrogens with zero attached hydrogens (tertiary/aromatic N) is 1. The fourth-order valence-corrected chi connectivity index (χ4v) is 4.42. The normalized spacial score (nSPS) is 21.8. The number of urea groups is 1. The van der Waals surface area contributed by atoms with Crippen LogP contribution in [0.25, 0.3) is 0 Å². The van der Waals surface area contributed by atoms with E-state index in [2.05, 4.69) is 31.5 Å². The van der Waals surface area contributed by atoms with Crippen molar-refractivity contribution in [1.82, 2.24) is 15.5 Å². The third-order valence-electron chi connectivity index (χ3n) is 5.34. The van der Waals surface area contributed by atoms with Crippen LogP contribution in [0.1, 0.15) is 38.3 Å². The van der Waals surface area contributed by atoms with Gasteiger partial charge in [0.25, 0.3) is 0 Å². The highest BCUT2D eigenvalue weighted by Crippen LogP contribution is 2.30. The highest BCUT2D eigenvalue weighted by molar-refractivity contribution is 9.10. The van der Waals surface area contributed by atoms with E-state index in [4.69, 9.17) is 9.47 Å². The van der Waals surface area contributed by atoms with Crippen LogP contribution < -0.4 is 10.6 Å². The largest absolute Gasteiger partial charge is 0.466 e. The maximum atomic E-state index is 12.9. The van der Waals surface area contributed by atoms with Gasteiger partial charge in [0, 0.05) is 23.3 Å². The SMILES string of the molecule is CCOC(=O)C1=C(CN2CCC[C@H](C(=O)OCC)C2)NC(=O)N[C@@H]1c1cccc(Br)c1. The summed E-state index contributed by atoms with van der Waals surface area (Å²) in [5.41, 5.74) is 1.64. The highest BCUT2D eigenvalue weighted by Gasteiger charge is 2.35. The van der Waals surface area contributed by atoms with Crippen LogP contribution in [0.2, 0.25) is 0 Å². The summed E-state index contributed by atoms with van der Waals surface area (Å²) in [6.07, 6.45) is 1.61. The van der Waals surface area contributed by atoms with Crippen LogP contribution in [0.3, 0.4) is 0 Å². The number of hydrogen-bond acceptors (Lipinski definition) is 6. The summed E-state index contributed by atoms with van der Waals surface area (Å²) < 4.78 is 11.3. The van der Waals surface area contributed by atoms with Crippen LogP contribution in [0, 0.1) is 5.92 Å². The van der Waals surface area contributed by atoms with Crippen molar-refractivity contribution < 1.29 is 23.9 Å². The third kappa shape index (κ3) is 5.86. The lowest BCUT2D eigenvalue weighted by molar-refractivity contribution is -0.150. The zero-order chi connectivity index (χ0) is 22.4. The van der Waals surface area contributed by atoms with Crippen LogP contribution in [-0.2, 0) is 19.1 Å². The van der Waals surface area contributed by atoms with Crippen LogP contribution in [-0.4, -0.2) is 55.7 Å². The Hall–Kier alpha value is -2.39. The second-order valence-corrected chi connectivity index (χ2v) is 8.44. The van der Waals surface area contributed by atoms with Gasteiger partial charge in [-0.2, -0.15) is 0 Å². The van der Waals surface area contributed by atoms with E-state index < -0.39 is 12.0 Å². The van der Waals surface area contributed by atoms with Gasteiger partial charge in [-0.1, -0.05) is 28.1 Å². The number of halogens is 1. The van der Waals surface area contributed by atoms with Gasteiger partial charge in [0.15, 0.2) is 0 Å². The van der Waals surface area contributed by atoms with Crippen LogP contribution in [0.5, 0.6) is 0 Å². The number of benzene rings is 1. The summed E-state index contributed by atoms with van der Waals surface area (Å²) in [6, 6.07) is 6.44. The van der Waals surface area contributed by atoms with Crippen molar-refractivity contribution in [2.24, 2.45) is 5.92 Å².